The maximum atomic E-state index is 13.3. The van der Waals surface area contributed by atoms with Gasteiger partial charge in [-0.1, -0.05) is 24.4 Å². The normalized spacial score (nSPS) is 31.4. The summed E-state index contributed by atoms with van der Waals surface area (Å²) in [5.41, 5.74) is 7.26. The Balaban J connectivity index is 1.74. The van der Waals surface area contributed by atoms with Gasteiger partial charge in [-0.05, 0) is 67.7 Å². The molecule has 0 spiro atoms. The summed E-state index contributed by atoms with van der Waals surface area (Å²) in [5.74, 6) is 1.47. The monoisotopic (exact) mass is 281 g/mol. The molecule has 0 aromatic heterocycles. The van der Waals surface area contributed by atoms with Crippen molar-refractivity contribution in [1.82, 2.24) is 0 Å². The van der Waals surface area contributed by atoms with Crippen LogP contribution in [0.3, 0.4) is 0 Å². The van der Waals surface area contributed by atoms with Crippen molar-refractivity contribution in [3.8, 4) is 0 Å². The van der Waals surface area contributed by atoms with Crippen LogP contribution in [0.5, 0.6) is 0 Å². The third kappa shape index (κ3) is 3.11. The summed E-state index contributed by atoms with van der Waals surface area (Å²) in [5, 5.41) is 0.639. The Bertz CT molecular complexity index is 472. The number of benzene rings is 1. The van der Waals surface area contributed by atoms with Crippen LogP contribution in [0.4, 0.5) is 4.39 Å². The molecule has 0 bridgehead atoms. The van der Waals surface area contributed by atoms with Crippen molar-refractivity contribution < 1.29 is 4.39 Å². The van der Waals surface area contributed by atoms with E-state index in [-0.39, 0.29) is 11.4 Å². The summed E-state index contributed by atoms with van der Waals surface area (Å²) in [7, 11) is 0. The van der Waals surface area contributed by atoms with Crippen LogP contribution in [0.25, 0.3) is 0 Å². The van der Waals surface area contributed by atoms with Gasteiger partial charge in [0.15, 0.2) is 0 Å². The highest BCUT2D eigenvalue weighted by Crippen LogP contribution is 2.46. The van der Waals surface area contributed by atoms with E-state index < -0.39 is 0 Å². The number of nitrogens with two attached hydrogens (primary N) is 1. The molecule has 1 aromatic rings. The molecule has 3 rings (SSSR count). The first-order valence-electron chi connectivity index (χ1n) is 7.29. The molecule has 2 saturated carbocycles. The molecule has 1 aromatic carbocycles. The first-order chi connectivity index (χ1) is 9.06. The highest BCUT2D eigenvalue weighted by molar-refractivity contribution is 6.31. The van der Waals surface area contributed by atoms with Crippen LogP contribution in [0.15, 0.2) is 18.2 Å². The van der Waals surface area contributed by atoms with Gasteiger partial charge in [0.1, 0.15) is 5.82 Å². The Morgan fingerprint density at radius 1 is 1.26 bits per heavy atom. The van der Waals surface area contributed by atoms with Gasteiger partial charge in [0, 0.05) is 10.6 Å². The zero-order chi connectivity index (χ0) is 13.5. The zero-order valence-electron chi connectivity index (χ0n) is 11.2. The summed E-state index contributed by atoms with van der Waals surface area (Å²) in [6, 6.07) is 4.58. The van der Waals surface area contributed by atoms with Gasteiger partial charge in [0.05, 0.1) is 0 Å². The van der Waals surface area contributed by atoms with Gasteiger partial charge in [0.25, 0.3) is 0 Å². The topological polar surface area (TPSA) is 26.0 Å². The van der Waals surface area contributed by atoms with E-state index in [9.17, 15) is 4.39 Å². The van der Waals surface area contributed by atoms with E-state index in [0.717, 1.165) is 30.2 Å². The summed E-state index contributed by atoms with van der Waals surface area (Å²) >= 11 is 6.17. The number of hydrogen-bond acceptors (Lipinski definition) is 1. The first-order valence-corrected chi connectivity index (χ1v) is 7.66. The quantitative estimate of drug-likeness (QED) is 0.877. The van der Waals surface area contributed by atoms with Crippen molar-refractivity contribution in [3.05, 3.63) is 34.6 Å². The maximum absolute atomic E-state index is 13.3. The lowest BCUT2D eigenvalue weighted by atomic mass is 9.72. The van der Waals surface area contributed by atoms with Gasteiger partial charge in [-0.2, -0.15) is 0 Å². The Kier molecular flexibility index (Phi) is 3.57. The summed E-state index contributed by atoms with van der Waals surface area (Å²) in [4.78, 5) is 0. The molecular formula is C16H21ClFN. The molecule has 0 heterocycles. The third-order valence-electron chi connectivity index (χ3n) is 4.76. The Morgan fingerprint density at radius 3 is 2.79 bits per heavy atom. The van der Waals surface area contributed by atoms with Crippen LogP contribution in [-0.2, 0) is 6.42 Å². The maximum Gasteiger partial charge on any atom is 0.123 e. The van der Waals surface area contributed by atoms with Crippen molar-refractivity contribution in [2.24, 2.45) is 17.6 Å². The van der Waals surface area contributed by atoms with Gasteiger partial charge in [-0.3, -0.25) is 0 Å². The number of halogens is 2. The lowest BCUT2D eigenvalue weighted by Gasteiger charge is -2.38. The fourth-order valence-corrected chi connectivity index (χ4v) is 3.82. The molecule has 2 fully saturated rings. The Labute approximate surface area is 119 Å². The molecule has 104 valence electrons. The average molecular weight is 282 g/mol. The molecule has 2 aliphatic rings. The number of rotatable bonds is 3. The second-order valence-electron chi connectivity index (χ2n) is 6.47. The summed E-state index contributed by atoms with van der Waals surface area (Å²) in [6.07, 6.45) is 8.08. The van der Waals surface area contributed by atoms with Crippen LogP contribution in [-0.4, -0.2) is 5.54 Å². The van der Waals surface area contributed by atoms with E-state index in [1.54, 1.807) is 6.07 Å². The predicted octanol–water partition coefficient (Wildman–Crippen LogP) is 4.32. The molecule has 0 radical (unpaired) electrons. The average Bonchev–Trinajstić information content (AvgIpc) is 3.18. The molecule has 1 nitrogen and oxygen atoms in total. The minimum Gasteiger partial charge on any atom is -0.325 e. The van der Waals surface area contributed by atoms with E-state index in [1.807, 2.05) is 0 Å². The second-order valence-corrected chi connectivity index (χ2v) is 6.88. The minimum absolute atomic E-state index is 0.192. The van der Waals surface area contributed by atoms with E-state index >= 15 is 0 Å². The SMILES string of the molecule is NC1(Cc2cc(F)ccc2Cl)CCCC(C2CC2)C1. The molecule has 3 heteroatoms. The fraction of sp³-hybridized carbons (Fsp3) is 0.625. The van der Waals surface area contributed by atoms with Gasteiger partial charge in [-0.15, -0.1) is 0 Å². The smallest absolute Gasteiger partial charge is 0.123 e. The molecule has 0 saturated heterocycles. The lowest BCUT2D eigenvalue weighted by molar-refractivity contribution is 0.204. The Hall–Kier alpha value is -0.600. The molecule has 2 unspecified atom stereocenters. The van der Waals surface area contributed by atoms with Crippen LogP contribution >= 0.6 is 11.6 Å². The fourth-order valence-electron chi connectivity index (χ4n) is 3.63. The second kappa shape index (κ2) is 5.06. The van der Waals surface area contributed by atoms with Crippen LogP contribution in [0, 0.1) is 17.7 Å². The van der Waals surface area contributed by atoms with Gasteiger partial charge >= 0.3 is 0 Å². The van der Waals surface area contributed by atoms with Crippen molar-refractivity contribution in [2.45, 2.75) is 50.5 Å². The standard InChI is InChI=1S/C16H21ClFN/c17-15-6-5-14(18)8-13(15)10-16(19)7-1-2-12(9-16)11-3-4-11/h5-6,8,11-12H,1-4,7,9-10,19H2. The highest BCUT2D eigenvalue weighted by Gasteiger charge is 2.40. The molecule has 0 amide bonds. The van der Waals surface area contributed by atoms with Crippen molar-refractivity contribution in [3.63, 3.8) is 0 Å². The molecule has 19 heavy (non-hydrogen) atoms. The van der Waals surface area contributed by atoms with E-state index in [4.69, 9.17) is 17.3 Å². The zero-order valence-corrected chi connectivity index (χ0v) is 11.9. The predicted molar refractivity (Wildman–Crippen MR) is 76.7 cm³/mol. The van der Waals surface area contributed by atoms with Gasteiger partial charge < -0.3 is 5.73 Å². The minimum atomic E-state index is -0.224. The molecule has 2 aliphatic carbocycles. The van der Waals surface area contributed by atoms with Gasteiger partial charge in [0.2, 0.25) is 0 Å². The van der Waals surface area contributed by atoms with Gasteiger partial charge in [-0.25, -0.2) is 4.39 Å². The van der Waals surface area contributed by atoms with Crippen molar-refractivity contribution in [1.29, 1.82) is 0 Å². The summed E-state index contributed by atoms with van der Waals surface area (Å²) < 4.78 is 13.3. The molecular weight excluding hydrogens is 261 g/mol. The van der Waals surface area contributed by atoms with Crippen LogP contribution in [0.2, 0.25) is 5.02 Å². The highest BCUT2D eigenvalue weighted by atomic mass is 35.5. The van der Waals surface area contributed by atoms with Crippen LogP contribution in [0.1, 0.15) is 44.1 Å². The largest absolute Gasteiger partial charge is 0.325 e. The van der Waals surface area contributed by atoms with Crippen molar-refractivity contribution >= 4 is 11.6 Å². The summed E-state index contributed by atoms with van der Waals surface area (Å²) in [6.45, 7) is 0. The van der Waals surface area contributed by atoms with Crippen LogP contribution < -0.4 is 5.73 Å². The first kappa shape index (κ1) is 13.4. The lowest BCUT2D eigenvalue weighted by Crippen LogP contribution is -2.46. The Morgan fingerprint density at radius 2 is 2.05 bits per heavy atom. The van der Waals surface area contributed by atoms with E-state index in [2.05, 4.69) is 0 Å². The van der Waals surface area contributed by atoms with E-state index in [1.165, 1.54) is 37.8 Å². The molecule has 0 aliphatic heterocycles. The third-order valence-corrected chi connectivity index (χ3v) is 5.13. The number of hydrogen-bond donors (Lipinski definition) is 1. The van der Waals surface area contributed by atoms with E-state index in [0.29, 0.717) is 11.4 Å². The molecule has 2 N–H and O–H groups in total. The molecule has 2 atom stereocenters. The van der Waals surface area contributed by atoms with Crippen molar-refractivity contribution in [2.75, 3.05) is 0 Å².